The summed E-state index contributed by atoms with van der Waals surface area (Å²) in [6, 6.07) is 13.7. The van der Waals surface area contributed by atoms with Crippen molar-refractivity contribution in [2.24, 2.45) is 0 Å². The first kappa shape index (κ1) is 14.6. The van der Waals surface area contributed by atoms with Gasteiger partial charge in [-0.15, -0.1) is 0 Å². The van der Waals surface area contributed by atoms with Crippen LogP contribution < -0.4 is 10.1 Å². The molecule has 0 bridgehead atoms. The van der Waals surface area contributed by atoms with E-state index in [-0.39, 0.29) is 5.82 Å². The highest BCUT2D eigenvalue weighted by Crippen LogP contribution is 2.39. The normalized spacial score (nSPS) is 20.7. The molecule has 0 radical (unpaired) electrons. The summed E-state index contributed by atoms with van der Waals surface area (Å²) in [5.41, 5.74) is 2.39. The van der Waals surface area contributed by atoms with Crippen LogP contribution in [0.2, 0.25) is 0 Å². The summed E-state index contributed by atoms with van der Waals surface area (Å²) in [5, 5.41) is 3.50. The Morgan fingerprint density at radius 1 is 1.14 bits per heavy atom. The minimum Gasteiger partial charge on any atom is -0.497 e. The molecule has 0 aliphatic heterocycles. The summed E-state index contributed by atoms with van der Waals surface area (Å²) >= 11 is 2.17. The van der Waals surface area contributed by atoms with Crippen LogP contribution in [0.15, 0.2) is 42.5 Å². The van der Waals surface area contributed by atoms with Crippen LogP contribution in [0.1, 0.15) is 24.3 Å². The number of nitrogens with one attached hydrogen (secondary N) is 1. The summed E-state index contributed by atoms with van der Waals surface area (Å²) in [6.07, 6.45) is 2.22. The van der Waals surface area contributed by atoms with Gasteiger partial charge in [-0.25, -0.2) is 4.39 Å². The lowest BCUT2D eigenvalue weighted by molar-refractivity contribution is 0.373. The van der Waals surface area contributed by atoms with E-state index in [1.54, 1.807) is 13.2 Å². The van der Waals surface area contributed by atoms with Gasteiger partial charge in [0, 0.05) is 15.3 Å². The summed E-state index contributed by atoms with van der Waals surface area (Å²) < 4.78 is 19.2. The van der Waals surface area contributed by atoms with Crippen LogP contribution in [0.3, 0.4) is 0 Å². The van der Waals surface area contributed by atoms with Crippen molar-refractivity contribution in [3.8, 4) is 5.75 Å². The first-order chi connectivity index (χ1) is 10.2. The maximum Gasteiger partial charge on any atom is 0.124 e. The second kappa shape index (κ2) is 6.22. The summed E-state index contributed by atoms with van der Waals surface area (Å²) in [7, 11) is 1.68. The molecular weight excluding hydrogens is 380 g/mol. The van der Waals surface area contributed by atoms with Gasteiger partial charge in [0.05, 0.1) is 7.11 Å². The van der Waals surface area contributed by atoms with Crippen LogP contribution in [0, 0.1) is 9.39 Å². The largest absolute Gasteiger partial charge is 0.497 e. The van der Waals surface area contributed by atoms with E-state index in [9.17, 15) is 4.39 Å². The van der Waals surface area contributed by atoms with Gasteiger partial charge >= 0.3 is 0 Å². The lowest BCUT2D eigenvalue weighted by atomic mass is 9.76. The SMILES string of the molecule is COc1ccc(C2CC(Nc3ccc(F)cc3I)C2)cc1. The van der Waals surface area contributed by atoms with Crippen LogP contribution in [0.4, 0.5) is 10.1 Å². The van der Waals surface area contributed by atoms with Gasteiger partial charge in [-0.3, -0.25) is 0 Å². The molecule has 110 valence electrons. The van der Waals surface area contributed by atoms with Crippen molar-refractivity contribution >= 4 is 28.3 Å². The highest BCUT2D eigenvalue weighted by Gasteiger charge is 2.30. The predicted octanol–water partition coefficient (Wildman–Crippen LogP) is 4.80. The highest BCUT2D eigenvalue weighted by atomic mass is 127. The monoisotopic (exact) mass is 397 g/mol. The summed E-state index contributed by atoms with van der Waals surface area (Å²) in [6.45, 7) is 0. The van der Waals surface area contributed by atoms with Crippen LogP contribution >= 0.6 is 22.6 Å². The number of halogens is 2. The lowest BCUT2D eigenvalue weighted by Gasteiger charge is -2.37. The van der Waals surface area contributed by atoms with Gasteiger partial charge in [0.15, 0.2) is 0 Å². The van der Waals surface area contributed by atoms with Crippen LogP contribution in [-0.2, 0) is 0 Å². The van der Waals surface area contributed by atoms with Gasteiger partial charge in [0.1, 0.15) is 11.6 Å². The molecule has 0 amide bonds. The standard InChI is InChI=1S/C17H17FINO/c1-21-15-5-2-11(3-6-15)12-8-14(9-12)20-17-7-4-13(18)10-16(17)19/h2-7,10,12,14,20H,8-9H2,1H3. The first-order valence-electron chi connectivity index (χ1n) is 7.01. The highest BCUT2D eigenvalue weighted by molar-refractivity contribution is 14.1. The van der Waals surface area contributed by atoms with Crippen molar-refractivity contribution < 1.29 is 9.13 Å². The molecule has 0 unspecified atom stereocenters. The van der Waals surface area contributed by atoms with Gasteiger partial charge in [-0.2, -0.15) is 0 Å². The summed E-state index contributed by atoms with van der Waals surface area (Å²) in [5.74, 6) is 1.31. The molecule has 0 atom stereocenters. The van der Waals surface area contributed by atoms with E-state index in [0.717, 1.165) is 27.8 Å². The fraction of sp³-hybridized carbons (Fsp3) is 0.294. The van der Waals surface area contributed by atoms with E-state index in [2.05, 4.69) is 40.0 Å². The second-order valence-corrected chi connectivity index (χ2v) is 6.57. The number of benzene rings is 2. The van der Waals surface area contributed by atoms with E-state index in [1.165, 1.54) is 11.6 Å². The third-order valence-electron chi connectivity index (χ3n) is 4.02. The van der Waals surface area contributed by atoms with Gasteiger partial charge in [-0.1, -0.05) is 12.1 Å². The fourth-order valence-electron chi connectivity index (χ4n) is 2.71. The molecule has 0 spiro atoms. The van der Waals surface area contributed by atoms with Crippen molar-refractivity contribution in [2.45, 2.75) is 24.8 Å². The molecule has 1 N–H and O–H groups in total. The Hall–Kier alpha value is -1.30. The van der Waals surface area contributed by atoms with E-state index in [1.807, 2.05) is 18.2 Å². The first-order valence-corrected chi connectivity index (χ1v) is 8.09. The maximum absolute atomic E-state index is 13.1. The molecule has 2 nitrogen and oxygen atoms in total. The molecule has 1 aliphatic carbocycles. The molecule has 21 heavy (non-hydrogen) atoms. The molecule has 1 fully saturated rings. The average Bonchev–Trinajstić information content (AvgIpc) is 2.44. The van der Waals surface area contributed by atoms with Gasteiger partial charge in [-0.05, 0) is 77.2 Å². The fourth-order valence-corrected chi connectivity index (χ4v) is 3.34. The van der Waals surface area contributed by atoms with Crippen LogP contribution in [-0.4, -0.2) is 13.2 Å². The van der Waals surface area contributed by atoms with Gasteiger partial charge in [0.2, 0.25) is 0 Å². The lowest BCUT2D eigenvalue weighted by Crippen LogP contribution is -2.34. The Morgan fingerprint density at radius 2 is 1.86 bits per heavy atom. The van der Waals surface area contributed by atoms with Gasteiger partial charge in [0.25, 0.3) is 0 Å². The quantitative estimate of drug-likeness (QED) is 0.749. The Labute approximate surface area is 137 Å². The van der Waals surface area contributed by atoms with Crippen LogP contribution in [0.25, 0.3) is 0 Å². The molecule has 3 rings (SSSR count). The zero-order valence-corrected chi connectivity index (χ0v) is 13.9. The molecule has 1 aliphatic rings. The topological polar surface area (TPSA) is 21.3 Å². The van der Waals surface area contributed by atoms with Crippen molar-refractivity contribution in [3.63, 3.8) is 0 Å². The summed E-state index contributed by atoms with van der Waals surface area (Å²) in [4.78, 5) is 0. The minimum atomic E-state index is -0.185. The smallest absolute Gasteiger partial charge is 0.124 e. The van der Waals surface area contributed by atoms with Crippen molar-refractivity contribution in [3.05, 3.63) is 57.4 Å². The molecule has 0 heterocycles. The average molecular weight is 397 g/mol. The van der Waals surface area contributed by atoms with Crippen molar-refractivity contribution in [1.82, 2.24) is 0 Å². The molecule has 1 saturated carbocycles. The number of hydrogen-bond acceptors (Lipinski definition) is 2. The predicted molar refractivity (Wildman–Crippen MR) is 91.5 cm³/mol. The van der Waals surface area contributed by atoms with Crippen LogP contribution in [0.5, 0.6) is 5.75 Å². The Morgan fingerprint density at radius 3 is 2.48 bits per heavy atom. The zero-order valence-electron chi connectivity index (χ0n) is 11.8. The zero-order chi connectivity index (χ0) is 14.8. The second-order valence-electron chi connectivity index (χ2n) is 5.41. The van der Waals surface area contributed by atoms with E-state index in [4.69, 9.17) is 4.74 Å². The number of methoxy groups -OCH3 is 1. The number of rotatable bonds is 4. The van der Waals surface area contributed by atoms with E-state index >= 15 is 0 Å². The number of anilines is 1. The molecule has 4 heteroatoms. The van der Waals surface area contributed by atoms with Crippen molar-refractivity contribution in [2.75, 3.05) is 12.4 Å². The molecule has 2 aromatic rings. The van der Waals surface area contributed by atoms with E-state index < -0.39 is 0 Å². The Bertz CT molecular complexity index is 623. The van der Waals surface area contributed by atoms with E-state index in [0.29, 0.717) is 12.0 Å². The Balaban J connectivity index is 1.57. The third kappa shape index (κ3) is 3.31. The van der Waals surface area contributed by atoms with Gasteiger partial charge < -0.3 is 10.1 Å². The number of ether oxygens (including phenoxy) is 1. The molecular formula is C17H17FINO. The molecule has 0 aromatic heterocycles. The maximum atomic E-state index is 13.1. The third-order valence-corrected chi connectivity index (χ3v) is 4.91. The Kier molecular flexibility index (Phi) is 4.33. The molecule has 2 aromatic carbocycles. The molecule has 0 saturated heterocycles. The number of hydrogen-bond donors (Lipinski definition) is 1. The minimum absolute atomic E-state index is 0.185. The van der Waals surface area contributed by atoms with Crippen molar-refractivity contribution in [1.29, 1.82) is 0 Å².